The second kappa shape index (κ2) is 10.6. The number of amides is 2. The molecular weight excluding hydrogens is 514 g/mol. The van der Waals surface area contributed by atoms with Gasteiger partial charge in [0.1, 0.15) is 6.04 Å². The molecule has 10 heteroatoms. The molecule has 1 aliphatic carbocycles. The molecule has 1 aliphatic heterocycles. The number of benzene rings is 2. The monoisotopic (exact) mass is 541 g/mol. The molecule has 0 radical (unpaired) electrons. The summed E-state index contributed by atoms with van der Waals surface area (Å²) in [5.41, 5.74) is -0.477. The molecular formula is C26H28Cl2F3N3O2. The third-order valence-electron chi connectivity index (χ3n) is 7.17. The van der Waals surface area contributed by atoms with Crippen LogP contribution in [-0.4, -0.2) is 37.0 Å². The van der Waals surface area contributed by atoms with Crippen LogP contribution in [-0.2, 0) is 27.6 Å². The Bertz CT molecular complexity index is 1120. The van der Waals surface area contributed by atoms with E-state index in [-0.39, 0.29) is 30.2 Å². The van der Waals surface area contributed by atoms with Crippen molar-refractivity contribution < 1.29 is 22.8 Å². The van der Waals surface area contributed by atoms with E-state index in [9.17, 15) is 22.8 Å². The van der Waals surface area contributed by atoms with Crippen LogP contribution in [0, 0.1) is 5.92 Å². The number of halogens is 5. The first-order chi connectivity index (χ1) is 17.0. The van der Waals surface area contributed by atoms with Crippen molar-refractivity contribution in [3.05, 3.63) is 69.2 Å². The van der Waals surface area contributed by atoms with Crippen LogP contribution < -0.4 is 16.0 Å². The normalized spacial score (nSPS) is 21.6. The third kappa shape index (κ3) is 5.82. The summed E-state index contributed by atoms with van der Waals surface area (Å²) in [7, 11) is 0. The van der Waals surface area contributed by atoms with Crippen LogP contribution in [0.4, 0.5) is 13.2 Å². The van der Waals surface area contributed by atoms with Crippen LogP contribution in [0.1, 0.15) is 42.9 Å². The van der Waals surface area contributed by atoms with Gasteiger partial charge in [-0.25, -0.2) is 0 Å². The number of rotatable bonds is 8. The molecule has 2 aliphatic rings. The molecule has 194 valence electrons. The van der Waals surface area contributed by atoms with Crippen molar-refractivity contribution in [1.82, 2.24) is 16.0 Å². The lowest BCUT2D eigenvalue weighted by atomic mass is 9.93. The molecule has 1 heterocycles. The molecule has 2 fully saturated rings. The van der Waals surface area contributed by atoms with Crippen LogP contribution in [0.25, 0.3) is 0 Å². The summed E-state index contributed by atoms with van der Waals surface area (Å²) in [6, 6.07) is 8.56. The van der Waals surface area contributed by atoms with Gasteiger partial charge >= 0.3 is 6.18 Å². The lowest BCUT2D eigenvalue weighted by molar-refractivity contribution is -0.137. The van der Waals surface area contributed by atoms with Crippen molar-refractivity contribution in [1.29, 1.82) is 0 Å². The maximum Gasteiger partial charge on any atom is 0.416 e. The summed E-state index contributed by atoms with van der Waals surface area (Å²) >= 11 is 12.4. The van der Waals surface area contributed by atoms with Gasteiger partial charge in [0, 0.05) is 35.6 Å². The molecule has 0 bridgehead atoms. The highest BCUT2D eigenvalue weighted by atomic mass is 35.5. The minimum Gasteiger partial charge on any atom is -0.350 e. The summed E-state index contributed by atoms with van der Waals surface area (Å²) in [5.74, 6) is -0.442. The summed E-state index contributed by atoms with van der Waals surface area (Å²) in [4.78, 5) is 26.8. The van der Waals surface area contributed by atoms with Crippen LogP contribution in [0.3, 0.4) is 0 Å². The predicted molar refractivity (Wildman–Crippen MR) is 133 cm³/mol. The van der Waals surface area contributed by atoms with Crippen molar-refractivity contribution >= 4 is 35.0 Å². The van der Waals surface area contributed by atoms with Gasteiger partial charge in [-0.3, -0.25) is 9.59 Å². The Labute approximate surface area is 218 Å². The van der Waals surface area contributed by atoms with E-state index in [4.69, 9.17) is 23.2 Å². The highest BCUT2D eigenvalue weighted by Gasteiger charge is 2.53. The summed E-state index contributed by atoms with van der Waals surface area (Å²) in [6.45, 7) is 3.45. The number of carbonyl (C=O) groups excluding carboxylic acids is 2. The van der Waals surface area contributed by atoms with Gasteiger partial charge in [0.2, 0.25) is 11.8 Å². The van der Waals surface area contributed by atoms with Crippen LogP contribution in [0.2, 0.25) is 10.0 Å². The van der Waals surface area contributed by atoms with Crippen molar-refractivity contribution in [3.8, 4) is 0 Å². The zero-order chi connectivity index (χ0) is 26.1. The Morgan fingerprint density at radius 3 is 2.39 bits per heavy atom. The van der Waals surface area contributed by atoms with Gasteiger partial charge in [0.15, 0.2) is 0 Å². The van der Waals surface area contributed by atoms with Crippen molar-refractivity contribution in [2.45, 2.75) is 56.3 Å². The van der Waals surface area contributed by atoms with E-state index in [0.717, 1.165) is 25.1 Å². The fourth-order valence-corrected chi connectivity index (χ4v) is 5.40. The van der Waals surface area contributed by atoms with Gasteiger partial charge in [0.05, 0.1) is 11.0 Å². The molecule has 3 unspecified atom stereocenters. The molecule has 2 amide bonds. The predicted octanol–water partition coefficient (Wildman–Crippen LogP) is 4.89. The molecule has 0 spiro atoms. The topological polar surface area (TPSA) is 70.2 Å². The molecule has 1 saturated heterocycles. The second-order valence-corrected chi connectivity index (χ2v) is 10.4. The molecule has 1 saturated carbocycles. The first-order valence-electron chi connectivity index (χ1n) is 12.0. The van der Waals surface area contributed by atoms with Crippen molar-refractivity contribution in [2.75, 3.05) is 13.1 Å². The van der Waals surface area contributed by atoms with E-state index >= 15 is 0 Å². The maximum absolute atomic E-state index is 13.5. The Balaban J connectivity index is 1.55. The van der Waals surface area contributed by atoms with Gasteiger partial charge in [0.25, 0.3) is 0 Å². The fourth-order valence-electron chi connectivity index (χ4n) is 4.81. The number of hydrogen-bond donors (Lipinski definition) is 3. The summed E-state index contributed by atoms with van der Waals surface area (Å²) < 4.78 is 39.0. The lowest BCUT2D eigenvalue weighted by Crippen LogP contribution is -2.54. The van der Waals surface area contributed by atoms with Crippen LogP contribution >= 0.6 is 23.2 Å². The fraction of sp³-hybridized carbons (Fsp3) is 0.462. The highest BCUT2D eigenvalue weighted by molar-refractivity contribution is 6.35. The molecule has 36 heavy (non-hydrogen) atoms. The van der Waals surface area contributed by atoms with E-state index in [1.165, 1.54) is 12.1 Å². The van der Waals surface area contributed by atoms with Crippen LogP contribution in [0.5, 0.6) is 0 Å². The van der Waals surface area contributed by atoms with Gasteiger partial charge in [-0.1, -0.05) is 54.7 Å². The zero-order valence-electron chi connectivity index (χ0n) is 19.7. The Kier molecular flexibility index (Phi) is 7.88. The second-order valence-electron chi connectivity index (χ2n) is 9.57. The molecule has 3 N–H and O–H groups in total. The SMILES string of the molecule is CCC1CNCC1NC(=O)C(Cc1ccc(C(F)(F)F)cc1)NC(=O)C1(c2ccc(Cl)cc2Cl)CC1. The summed E-state index contributed by atoms with van der Waals surface area (Å²) in [5, 5.41) is 10.00. The standard InChI is InChI=1S/C26H28Cl2F3N3O2/c1-2-16-13-32-14-22(16)33-23(35)21(11-15-3-5-17(6-4-15)26(29,30)31)34-24(36)25(9-10-25)19-8-7-18(27)12-20(19)28/h3-8,12,16,21-22,32H,2,9-11,13-14H2,1H3,(H,33,35)(H,34,36). The van der Waals surface area contributed by atoms with E-state index in [2.05, 4.69) is 16.0 Å². The number of alkyl halides is 3. The Hall–Kier alpha value is -2.29. The smallest absolute Gasteiger partial charge is 0.350 e. The quantitative estimate of drug-likeness (QED) is 0.445. The van der Waals surface area contributed by atoms with E-state index in [1.807, 2.05) is 6.92 Å². The molecule has 4 rings (SSSR count). The molecule has 5 nitrogen and oxygen atoms in total. The Morgan fingerprint density at radius 1 is 1.11 bits per heavy atom. The van der Waals surface area contributed by atoms with Gasteiger partial charge < -0.3 is 16.0 Å². The number of hydrogen-bond acceptors (Lipinski definition) is 3. The lowest BCUT2D eigenvalue weighted by Gasteiger charge is -2.26. The summed E-state index contributed by atoms with van der Waals surface area (Å²) in [6.07, 6.45) is -2.38. The van der Waals surface area contributed by atoms with E-state index in [1.54, 1.807) is 18.2 Å². The van der Waals surface area contributed by atoms with Gasteiger partial charge in [-0.05, 0) is 54.2 Å². The average Bonchev–Trinajstić information content (AvgIpc) is 3.50. The third-order valence-corrected chi connectivity index (χ3v) is 7.71. The van der Waals surface area contributed by atoms with Gasteiger partial charge in [-0.2, -0.15) is 13.2 Å². The van der Waals surface area contributed by atoms with E-state index < -0.39 is 23.2 Å². The zero-order valence-corrected chi connectivity index (χ0v) is 21.2. The van der Waals surface area contributed by atoms with Crippen molar-refractivity contribution in [3.63, 3.8) is 0 Å². The molecule has 0 aromatic heterocycles. The maximum atomic E-state index is 13.5. The van der Waals surface area contributed by atoms with Gasteiger partial charge in [-0.15, -0.1) is 0 Å². The van der Waals surface area contributed by atoms with Crippen LogP contribution in [0.15, 0.2) is 42.5 Å². The minimum atomic E-state index is -4.45. The number of nitrogens with one attached hydrogen (secondary N) is 3. The molecule has 2 aromatic rings. The minimum absolute atomic E-state index is 0.0527. The average molecular weight is 542 g/mol. The highest BCUT2D eigenvalue weighted by Crippen LogP contribution is 2.51. The Morgan fingerprint density at radius 2 is 1.81 bits per heavy atom. The largest absolute Gasteiger partial charge is 0.416 e. The molecule has 3 atom stereocenters. The number of carbonyl (C=O) groups is 2. The molecule has 2 aromatic carbocycles. The van der Waals surface area contributed by atoms with Crippen molar-refractivity contribution in [2.24, 2.45) is 5.92 Å². The first kappa shape index (κ1) is 26.8. The van der Waals surface area contributed by atoms with E-state index in [0.29, 0.717) is 40.6 Å². The first-order valence-corrected chi connectivity index (χ1v) is 12.7.